The van der Waals surface area contributed by atoms with Gasteiger partial charge in [0.15, 0.2) is 11.0 Å². The molecule has 0 unspecified atom stereocenters. The van der Waals surface area contributed by atoms with Gasteiger partial charge in [0.05, 0.1) is 25.3 Å². The minimum absolute atomic E-state index is 0.126. The van der Waals surface area contributed by atoms with Crippen LogP contribution in [0.25, 0.3) is 0 Å². The molecule has 3 rings (SSSR count). The predicted molar refractivity (Wildman–Crippen MR) is 139 cm³/mol. The summed E-state index contributed by atoms with van der Waals surface area (Å²) in [4.78, 5) is 25.1. The Morgan fingerprint density at radius 1 is 1.14 bits per heavy atom. The van der Waals surface area contributed by atoms with E-state index in [9.17, 15) is 9.59 Å². The van der Waals surface area contributed by atoms with Crippen molar-refractivity contribution in [2.75, 3.05) is 18.2 Å². The second-order valence-corrected chi connectivity index (χ2v) is 9.15. The fraction of sp³-hybridized carbons (Fsp3) is 0.308. The van der Waals surface area contributed by atoms with Gasteiger partial charge in [-0.05, 0) is 55.7 Å². The van der Waals surface area contributed by atoms with E-state index in [1.807, 2.05) is 67.8 Å². The van der Waals surface area contributed by atoms with E-state index in [0.29, 0.717) is 17.5 Å². The number of carbonyl (C=O) groups is 2. The molecule has 8 nitrogen and oxygen atoms in total. The van der Waals surface area contributed by atoms with Gasteiger partial charge in [-0.2, -0.15) is 0 Å². The number of nitrogens with one attached hydrogen (secondary N) is 2. The summed E-state index contributed by atoms with van der Waals surface area (Å²) in [6.07, 6.45) is 1.98. The molecule has 0 aliphatic carbocycles. The molecule has 184 valence electrons. The smallest absolute Gasteiger partial charge is 0.234 e. The number of carbonyl (C=O) groups excluding carboxylic acids is 2. The number of thioether (sulfide) groups is 1. The molecule has 1 heterocycles. The van der Waals surface area contributed by atoms with Gasteiger partial charge in [0.1, 0.15) is 5.75 Å². The SMILES string of the molecule is C=CCn1c(SCC(=O)Nc2cc(C)ccc2C)nnc1[C@@H](C)NC(=O)Cc1ccc(OC)cc1. The molecule has 0 saturated carbocycles. The first-order valence-electron chi connectivity index (χ1n) is 11.3. The van der Waals surface area contributed by atoms with Crippen LogP contribution in [0, 0.1) is 13.8 Å². The number of aryl methyl sites for hydroxylation is 2. The zero-order chi connectivity index (χ0) is 25.4. The molecule has 2 aromatic carbocycles. The Kier molecular flexibility index (Phi) is 9.08. The Balaban J connectivity index is 1.62. The fourth-order valence-electron chi connectivity index (χ4n) is 3.50. The van der Waals surface area contributed by atoms with Crippen molar-refractivity contribution in [3.63, 3.8) is 0 Å². The molecule has 9 heteroatoms. The van der Waals surface area contributed by atoms with Crippen molar-refractivity contribution in [3.8, 4) is 5.75 Å². The molecular weight excluding hydrogens is 462 g/mol. The number of anilines is 1. The van der Waals surface area contributed by atoms with E-state index in [1.165, 1.54) is 11.8 Å². The lowest BCUT2D eigenvalue weighted by molar-refractivity contribution is -0.121. The van der Waals surface area contributed by atoms with Gasteiger partial charge < -0.3 is 19.9 Å². The van der Waals surface area contributed by atoms with Gasteiger partial charge in [0.2, 0.25) is 11.8 Å². The molecule has 2 amide bonds. The average Bonchev–Trinajstić information content (AvgIpc) is 3.23. The van der Waals surface area contributed by atoms with Crippen molar-refractivity contribution in [3.05, 3.63) is 77.6 Å². The van der Waals surface area contributed by atoms with E-state index in [0.717, 1.165) is 28.1 Å². The van der Waals surface area contributed by atoms with Crippen LogP contribution in [0.1, 0.15) is 35.5 Å². The largest absolute Gasteiger partial charge is 0.497 e. The van der Waals surface area contributed by atoms with Crippen LogP contribution in [0.15, 0.2) is 60.3 Å². The number of aromatic nitrogens is 3. The maximum absolute atomic E-state index is 12.6. The summed E-state index contributed by atoms with van der Waals surface area (Å²) < 4.78 is 7.02. The van der Waals surface area contributed by atoms with Crippen LogP contribution < -0.4 is 15.4 Å². The molecule has 3 aromatic rings. The van der Waals surface area contributed by atoms with Gasteiger partial charge in [-0.15, -0.1) is 16.8 Å². The molecule has 0 bridgehead atoms. The number of hydrogen-bond donors (Lipinski definition) is 2. The van der Waals surface area contributed by atoms with Crippen LogP contribution in [-0.4, -0.2) is 39.4 Å². The van der Waals surface area contributed by atoms with E-state index in [1.54, 1.807) is 13.2 Å². The van der Waals surface area contributed by atoms with Crippen LogP contribution in [0.5, 0.6) is 5.75 Å². The highest BCUT2D eigenvalue weighted by Crippen LogP contribution is 2.22. The number of allylic oxidation sites excluding steroid dienone is 1. The number of rotatable bonds is 11. The lowest BCUT2D eigenvalue weighted by atomic mass is 10.1. The fourth-order valence-corrected chi connectivity index (χ4v) is 4.26. The third-order valence-corrected chi connectivity index (χ3v) is 6.31. The molecule has 0 aliphatic rings. The Bertz CT molecular complexity index is 1190. The zero-order valence-corrected chi connectivity index (χ0v) is 21.3. The maximum atomic E-state index is 12.6. The molecule has 0 saturated heterocycles. The molecule has 1 aromatic heterocycles. The molecule has 0 aliphatic heterocycles. The predicted octanol–water partition coefficient (Wildman–Crippen LogP) is 4.24. The highest BCUT2D eigenvalue weighted by molar-refractivity contribution is 7.99. The van der Waals surface area contributed by atoms with Gasteiger partial charge in [-0.1, -0.05) is 42.1 Å². The topological polar surface area (TPSA) is 98.1 Å². The van der Waals surface area contributed by atoms with Crippen molar-refractivity contribution in [1.82, 2.24) is 20.1 Å². The first kappa shape index (κ1) is 26.0. The molecule has 0 spiro atoms. The normalized spacial score (nSPS) is 11.5. The van der Waals surface area contributed by atoms with E-state index >= 15 is 0 Å². The van der Waals surface area contributed by atoms with Crippen LogP contribution in [0.3, 0.4) is 0 Å². The highest BCUT2D eigenvalue weighted by atomic mass is 32.2. The summed E-state index contributed by atoms with van der Waals surface area (Å²) in [5.74, 6) is 1.27. The summed E-state index contributed by atoms with van der Waals surface area (Å²) >= 11 is 1.29. The van der Waals surface area contributed by atoms with E-state index in [4.69, 9.17) is 4.74 Å². The third-order valence-electron chi connectivity index (χ3n) is 5.35. The van der Waals surface area contributed by atoms with Gasteiger partial charge >= 0.3 is 0 Å². The second-order valence-electron chi connectivity index (χ2n) is 8.21. The number of hydrogen-bond acceptors (Lipinski definition) is 6. The molecule has 1 atom stereocenters. The quantitative estimate of drug-likeness (QED) is 0.306. The number of amides is 2. The Morgan fingerprint density at radius 3 is 2.57 bits per heavy atom. The highest BCUT2D eigenvalue weighted by Gasteiger charge is 2.20. The summed E-state index contributed by atoms with van der Waals surface area (Å²) in [5.41, 5.74) is 3.77. The Labute approximate surface area is 210 Å². The average molecular weight is 494 g/mol. The number of methoxy groups -OCH3 is 1. The minimum atomic E-state index is -0.369. The van der Waals surface area contributed by atoms with Crippen molar-refractivity contribution in [1.29, 1.82) is 0 Å². The summed E-state index contributed by atoms with van der Waals surface area (Å²) in [5, 5.41) is 15.1. The van der Waals surface area contributed by atoms with E-state index < -0.39 is 0 Å². The third kappa shape index (κ3) is 7.19. The Hall–Kier alpha value is -3.59. The first-order chi connectivity index (χ1) is 16.8. The van der Waals surface area contributed by atoms with Gasteiger partial charge in [-0.25, -0.2) is 0 Å². The molecule has 0 radical (unpaired) electrons. The van der Waals surface area contributed by atoms with Gasteiger partial charge in [-0.3, -0.25) is 9.59 Å². The number of nitrogens with zero attached hydrogens (tertiary/aromatic N) is 3. The lowest BCUT2D eigenvalue weighted by Gasteiger charge is -2.15. The standard InChI is InChI=1S/C26H31N5O3S/c1-6-13-31-25(19(4)27-23(32)15-20-9-11-21(34-5)12-10-20)29-30-26(31)35-16-24(33)28-22-14-17(2)7-8-18(22)3/h6-12,14,19H,1,13,15-16H2,2-5H3,(H,27,32)(H,28,33)/t19-/m1/s1. The summed E-state index contributed by atoms with van der Waals surface area (Å²) in [7, 11) is 1.60. The number of ether oxygens (including phenoxy) is 1. The van der Waals surface area contributed by atoms with Gasteiger partial charge in [0, 0.05) is 12.2 Å². The Morgan fingerprint density at radius 2 is 1.89 bits per heavy atom. The van der Waals surface area contributed by atoms with Gasteiger partial charge in [0.25, 0.3) is 0 Å². The molecular formula is C26H31N5O3S. The van der Waals surface area contributed by atoms with Crippen molar-refractivity contribution in [2.24, 2.45) is 0 Å². The van der Waals surface area contributed by atoms with Crippen LogP contribution >= 0.6 is 11.8 Å². The van der Waals surface area contributed by atoms with Crippen molar-refractivity contribution in [2.45, 2.75) is 44.9 Å². The molecule has 35 heavy (non-hydrogen) atoms. The zero-order valence-electron chi connectivity index (χ0n) is 20.5. The van der Waals surface area contributed by atoms with Crippen molar-refractivity contribution < 1.29 is 14.3 Å². The van der Waals surface area contributed by atoms with Crippen LogP contribution in [0.4, 0.5) is 5.69 Å². The monoisotopic (exact) mass is 493 g/mol. The van der Waals surface area contributed by atoms with Crippen LogP contribution in [-0.2, 0) is 22.6 Å². The summed E-state index contributed by atoms with van der Waals surface area (Å²) in [6, 6.07) is 13.0. The van der Waals surface area contributed by atoms with Crippen LogP contribution in [0.2, 0.25) is 0 Å². The molecule has 0 fully saturated rings. The maximum Gasteiger partial charge on any atom is 0.234 e. The minimum Gasteiger partial charge on any atom is -0.497 e. The van der Waals surface area contributed by atoms with E-state index in [-0.39, 0.29) is 30.0 Å². The van der Waals surface area contributed by atoms with Crippen molar-refractivity contribution >= 4 is 29.3 Å². The van der Waals surface area contributed by atoms with E-state index in [2.05, 4.69) is 27.4 Å². The summed E-state index contributed by atoms with van der Waals surface area (Å²) in [6.45, 7) is 10.1. The number of benzene rings is 2. The lowest BCUT2D eigenvalue weighted by Crippen LogP contribution is -2.30. The first-order valence-corrected chi connectivity index (χ1v) is 12.3. The second kappa shape index (κ2) is 12.2. The molecule has 2 N–H and O–H groups in total.